The van der Waals surface area contributed by atoms with Crippen molar-refractivity contribution < 1.29 is 19.4 Å². The second-order valence-corrected chi connectivity index (χ2v) is 5.38. The molecule has 0 saturated carbocycles. The molecule has 0 fully saturated rings. The van der Waals surface area contributed by atoms with Crippen molar-refractivity contribution in [3.8, 4) is 5.75 Å². The summed E-state index contributed by atoms with van der Waals surface area (Å²) in [6, 6.07) is 10.5. The number of benzene rings is 2. The molecule has 2 N–H and O–H groups in total. The third-order valence-electron chi connectivity index (χ3n) is 3.71. The predicted octanol–water partition coefficient (Wildman–Crippen LogP) is 2.85. The first-order valence-electron chi connectivity index (χ1n) is 7.67. The van der Waals surface area contributed by atoms with Crippen LogP contribution in [0, 0.1) is 5.92 Å². The number of ether oxygens (including phenoxy) is 1. The lowest BCUT2D eigenvalue weighted by molar-refractivity contribution is -0.145. The van der Waals surface area contributed by atoms with E-state index in [0.29, 0.717) is 5.71 Å². The summed E-state index contributed by atoms with van der Waals surface area (Å²) < 4.78 is 4.91. The van der Waals surface area contributed by atoms with Crippen molar-refractivity contribution in [2.75, 3.05) is 6.61 Å². The summed E-state index contributed by atoms with van der Waals surface area (Å²) in [6.45, 7) is 5.29. The van der Waals surface area contributed by atoms with E-state index in [0.717, 1.165) is 10.8 Å². The van der Waals surface area contributed by atoms with Crippen molar-refractivity contribution in [1.82, 2.24) is 5.43 Å². The summed E-state index contributed by atoms with van der Waals surface area (Å²) >= 11 is 0. The molecule has 1 atom stereocenters. The molecule has 0 aliphatic carbocycles. The van der Waals surface area contributed by atoms with E-state index >= 15 is 0 Å². The smallest absolute Gasteiger partial charge is 0.314 e. The molecular formula is C18H20N2O4. The summed E-state index contributed by atoms with van der Waals surface area (Å²) in [4.78, 5) is 23.9. The van der Waals surface area contributed by atoms with Crippen LogP contribution in [0.4, 0.5) is 0 Å². The van der Waals surface area contributed by atoms with Gasteiger partial charge >= 0.3 is 5.97 Å². The van der Waals surface area contributed by atoms with Crippen molar-refractivity contribution in [2.45, 2.75) is 20.8 Å². The Labute approximate surface area is 140 Å². The van der Waals surface area contributed by atoms with Gasteiger partial charge in [-0.1, -0.05) is 24.3 Å². The minimum Gasteiger partial charge on any atom is -0.507 e. The number of esters is 1. The molecule has 2 aromatic carbocycles. The van der Waals surface area contributed by atoms with E-state index in [1.54, 1.807) is 26.8 Å². The van der Waals surface area contributed by atoms with Crippen LogP contribution in [0.2, 0.25) is 0 Å². The van der Waals surface area contributed by atoms with Crippen LogP contribution in [0.3, 0.4) is 0 Å². The maximum Gasteiger partial charge on any atom is 0.314 e. The molecular weight excluding hydrogens is 308 g/mol. The summed E-state index contributed by atoms with van der Waals surface area (Å²) in [5.41, 5.74) is 2.90. The molecule has 2 rings (SSSR count). The molecule has 0 saturated heterocycles. The number of hydrogen-bond donors (Lipinski definition) is 2. The summed E-state index contributed by atoms with van der Waals surface area (Å²) in [5, 5.41) is 15.6. The number of nitrogens with zero attached hydrogens (tertiary/aromatic N) is 1. The van der Waals surface area contributed by atoms with Crippen LogP contribution in [0.25, 0.3) is 10.8 Å². The minimum atomic E-state index is -0.560. The Morgan fingerprint density at radius 2 is 1.88 bits per heavy atom. The summed E-state index contributed by atoms with van der Waals surface area (Å²) in [6.07, 6.45) is 0. The number of amides is 1. The van der Waals surface area contributed by atoms with Gasteiger partial charge in [-0.25, -0.2) is 5.43 Å². The average Bonchev–Trinajstić information content (AvgIpc) is 2.58. The maximum absolute atomic E-state index is 12.2. The van der Waals surface area contributed by atoms with E-state index in [4.69, 9.17) is 4.74 Å². The number of fused-ring (bicyclic) bond motifs is 1. The van der Waals surface area contributed by atoms with Gasteiger partial charge in [0.1, 0.15) is 5.75 Å². The minimum absolute atomic E-state index is 0.119. The first-order chi connectivity index (χ1) is 11.4. The Morgan fingerprint density at radius 1 is 1.25 bits per heavy atom. The van der Waals surface area contributed by atoms with Gasteiger partial charge in [0.2, 0.25) is 0 Å². The predicted molar refractivity (Wildman–Crippen MR) is 92.0 cm³/mol. The summed E-state index contributed by atoms with van der Waals surface area (Å²) in [7, 11) is 0. The first-order valence-corrected chi connectivity index (χ1v) is 7.67. The highest BCUT2D eigenvalue weighted by atomic mass is 16.5. The van der Waals surface area contributed by atoms with Crippen LogP contribution >= 0.6 is 0 Å². The number of rotatable bonds is 5. The molecule has 0 spiro atoms. The lowest BCUT2D eigenvalue weighted by Gasteiger charge is -2.10. The van der Waals surface area contributed by atoms with E-state index in [9.17, 15) is 14.7 Å². The number of phenols is 1. The largest absolute Gasteiger partial charge is 0.507 e. The highest BCUT2D eigenvalue weighted by Crippen LogP contribution is 2.24. The number of hydrogen-bond acceptors (Lipinski definition) is 5. The SMILES string of the molecule is CCOC(=O)[C@@H](C)/C(C)=N/NC(=O)c1cc2ccccc2cc1O. The van der Waals surface area contributed by atoms with Crippen molar-refractivity contribution in [3.63, 3.8) is 0 Å². The third kappa shape index (κ3) is 3.90. The van der Waals surface area contributed by atoms with Gasteiger partial charge in [-0.2, -0.15) is 5.10 Å². The molecule has 6 nitrogen and oxygen atoms in total. The van der Waals surface area contributed by atoms with Crippen LogP contribution in [-0.2, 0) is 9.53 Å². The zero-order valence-electron chi connectivity index (χ0n) is 13.9. The second kappa shape index (κ2) is 7.59. The Morgan fingerprint density at radius 3 is 2.50 bits per heavy atom. The molecule has 0 unspecified atom stereocenters. The molecule has 0 aliphatic rings. The Kier molecular flexibility index (Phi) is 5.52. The molecule has 0 heterocycles. The third-order valence-corrected chi connectivity index (χ3v) is 3.71. The van der Waals surface area contributed by atoms with E-state index in [-0.39, 0.29) is 17.9 Å². The number of carbonyl (C=O) groups is 2. The Hall–Kier alpha value is -2.89. The summed E-state index contributed by atoms with van der Waals surface area (Å²) in [5.74, 6) is -1.64. The van der Waals surface area contributed by atoms with Crippen LogP contribution < -0.4 is 5.43 Å². The quantitative estimate of drug-likeness (QED) is 0.502. The fourth-order valence-corrected chi connectivity index (χ4v) is 2.14. The zero-order valence-corrected chi connectivity index (χ0v) is 13.9. The zero-order chi connectivity index (χ0) is 17.7. The Bertz CT molecular complexity index is 799. The van der Waals surface area contributed by atoms with Gasteiger partial charge in [0, 0.05) is 5.71 Å². The van der Waals surface area contributed by atoms with Gasteiger partial charge in [-0.3, -0.25) is 9.59 Å². The normalized spacial score (nSPS) is 12.7. The Balaban J connectivity index is 2.16. The molecule has 6 heteroatoms. The number of nitrogens with one attached hydrogen (secondary N) is 1. The van der Waals surface area contributed by atoms with Crippen molar-refractivity contribution in [3.05, 3.63) is 42.0 Å². The van der Waals surface area contributed by atoms with E-state index in [1.807, 2.05) is 24.3 Å². The van der Waals surface area contributed by atoms with E-state index < -0.39 is 17.8 Å². The molecule has 0 aromatic heterocycles. The van der Waals surface area contributed by atoms with Crippen molar-refractivity contribution >= 4 is 28.4 Å². The maximum atomic E-state index is 12.2. The van der Waals surface area contributed by atoms with Gasteiger partial charge in [-0.05, 0) is 43.7 Å². The molecule has 0 bridgehead atoms. The van der Waals surface area contributed by atoms with Gasteiger partial charge < -0.3 is 9.84 Å². The molecule has 24 heavy (non-hydrogen) atoms. The molecule has 126 valence electrons. The van der Waals surface area contributed by atoms with Crippen molar-refractivity contribution in [1.29, 1.82) is 0 Å². The molecule has 1 amide bonds. The van der Waals surface area contributed by atoms with Crippen LogP contribution in [-0.4, -0.2) is 29.3 Å². The van der Waals surface area contributed by atoms with Gasteiger partial charge in [0.05, 0.1) is 18.1 Å². The van der Waals surface area contributed by atoms with Crippen LogP contribution in [0.1, 0.15) is 31.1 Å². The van der Waals surface area contributed by atoms with Crippen molar-refractivity contribution in [2.24, 2.45) is 11.0 Å². The first kappa shape index (κ1) is 17.5. The standard InChI is InChI=1S/C18H20N2O4/c1-4-24-18(23)11(2)12(3)19-20-17(22)15-9-13-7-5-6-8-14(13)10-16(15)21/h5-11,21H,4H2,1-3H3,(H,20,22)/b19-12+/t11-/m0/s1. The number of phenolic OH excluding ortho intramolecular Hbond substituents is 1. The second-order valence-electron chi connectivity index (χ2n) is 5.38. The fourth-order valence-electron chi connectivity index (χ4n) is 2.14. The monoisotopic (exact) mass is 328 g/mol. The average molecular weight is 328 g/mol. The molecule has 0 aliphatic heterocycles. The molecule has 2 aromatic rings. The van der Waals surface area contributed by atoms with Crippen LogP contribution in [0.5, 0.6) is 5.75 Å². The highest BCUT2D eigenvalue weighted by Gasteiger charge is 2.18. The highest BCUT2D eigenvalue weighted by molar-refractivity contribution is 6.04. The molecule has 0 radical (unpaired) electrons. The lowest BCUT2D eigenvalue weighted by Crippen LogP contribution is -2.26. The number of hydrazone groups is 1. The van der Waals surface area contributed by atoms with Gasteiger partial charge in [-0.15, -0.1) is 0 Å². The van der Waals surface area contributed by atoms with Crippen LogP contribution in [0.15, 0.2) is 41.5 Å². The van der Waals surface area contributed by atoms with Gasteiger partial charge in [0.15, 0.2) is 0 Å². The lowest BCUT2D eigenvalue weighted by atomic mass is 10.1. The van der Waals surface area contributed by atoms with E-state index in [2.05, 4.69) is 10.5 Å². The number of aromatic hydroxyl groups is 1. The van der Waals surface area contributed by atoms with Gasteiger partial charge in [0.25, 0.3) is 5.91 Å². The number of carbonyl (C=O) groups excluding carboxylic acids is 2. The topological polar surface area (TPSA) is 88.0 Å². The fraction of sp³-hybridized carbons (Fsp3) is 0.278. The van der Waals surface area contributed by atoms with E-state index in [1.165, 1.54) is 6.07 Å².